The monoisotopic (exact) mass is 1160 g/mol. The van der Waals surface area contributed by atoms with Gasteiger partial charge >= 0.3 is 0 Å². The fourth-order valence-corrected chi connectivity index (χ4v) is 8.23. The molecule has 0 aliphatic carbocycles. The van der Waals surface area contributed by atoms with Gasteiger partial charge in [-0.25, -0.2) is 19.9 Å². The summed E-state index contributed by atoms with van der Waals surface area (Å²) in [6.45, 7) is 45.6. The topological polar surface area (TPSA) is 95.4 Å². The molecule has 12 nitrogen and oxygen atoms in total. The van der Waals surface area contributed by atoms with Gasteiger partial charge < -0.3 is 34.7 Å². The van der Waals surface area contributed by atoms with Gasteiger partial charge in [0.05, 0.1) is 29.5 Å². The maximum atomic E-state index is 4.85. The molecule has 4 aliphatic heterocycles. The molecule has 3 aromatic carbocycles. The van der Waals surface area contributed by atoms with E-state index in [0.29, 0.717) is 0 Å². The predicted molar refractivity (Wildman–Crippen MR) is 300 cm³/mol. The number of aliphatic imine (C=N–C) groups is 1. The molecule has 1 N–H and O–H groups in total. The van der Waals surface area contributed by atoms with Crippen molar-refractivity contribution in [3.63, 3.8) is 0 Å². The molecule has 0 saturated carbocycles. The van der Waals surface area contributed by atoms with Crippen LogP contribution in [0.25, 0.3) is 0 Å². The van der Waals surface area contributed by atoms with Gasteiger partial charge in [0, 0.05) is 42.6 Å². The van der Waals surface area contributed by atoms with E-state index in [0.717, 1.165) is 63.2 Å². The quantitative estimate of drug-likeness (QED) is 0.175. The van der Waals surface area contributed by atoms with E-state index < -0.39 is 0 Å². The summed E-state index contributed by atoms with van der Waals surface area (Å²) < 4.78 is 0. The average molecular weight is 1160 g/mol. The normalized spacial score (nSPS) is 16.8. The Bertz CT molecular complexity index is 2680. The molecule has 2 aromatic heterocycles. The third-order valence-electron chi connectivity index (χ3n) is 13.0. The largest absolute Gasteiger partial charge is 0.501 e. The predicted octanol–water partition coefficient (Wildman–Crippen LogP) is 13.0. The van der Waals surface area contributed by atoms with Crippen LogP contribution in [-0.2, 0) is 47.2 Å². The molecule has 4 aliphatic rings. The van der Waals surface area contributed by atoms with Crippen LogP contribution in [0.4, 0.5) is 40.1 Å². The minimum atomic E-state index is -0.0845. The second-order valence-electron chi connectivity index (χ2n) is 25.7. The first kappa shape index (κ1) is 56.8. The van der Waals surface area contributed by atoms with Crippen molar-refractivity contribution < 1.29 is 20.1 Å². The molecular formula is C60H80IrN12-6. The summed E-state index contributed by atoms with van der Waals surface area (Å²) in [4.78, 5) is 36.1. The fraction of sp³-hybridized carbons (Fsp3) is 0.467. The molecule has 9 rings (SSSR count). The number of hydrogen-bond donors (Lipinski definition) is 1. The standard InChI is InChI=1S/C20H28N4.2C20H26N4.Ir/c3*1-19(2,3)14-9-8-10-15(11-14)24-13-23(7)16-12-21-18(20(4,5)6)22-17(16)24;/h8-9,11-13,18,22H,1-7H3;2*8-9,11-13H,1-7H3;/q3*-2;. The van der Waals surface area contributed by atoms with Crippen molar-refractivity contribution in [3.8, 4) is 0 Å². The summed E-state index contributed by atoms with van der Waals surface area (Å²) >= 11 is 0. The van der Waals surface area contributed by atoms with Gasteiger partial charge in [0.2, 0.25) is 0 Å². The van der Waals surface area contributed by atoms with E-state index in [1.807, 2.05) is 71.3 Å². The molecule has 5 aromatic rings. The Balaban J connectivity index is 0.000000177. The second-order valence-corrected chi connectivity index (χ2v) is 25.7. The van der Waals surface area contributed by atoms with Crippen molar-refractivity contribution in [2.24, 2.45) is 10.4 Å². The average Bonchev–Trinajstić information content (AvgIpc) is 3.94. The first-order valence-electron chi connectivity index (χ1n) is 25.2. The molecule has 73 heavy (non-hydrogen) atoms. The van der Waals surface area contributed by atoms with E-state index >= 15 is 0 Å². The zero-order valence-electron chi connectivity index (χ0n) is 47.5. The van der Waals surface area contributed by atoms with Crippen molar-refractivity contribution in [1.29, 1.82) is 0 Å². The maximum Gasteiger partial charge on any atom is 0.136 e. The maximum absolute atomic E-state index is 4.85. The number of allylic oxidation sites excluding steroid dienone is 1. The summed E-state index contributed by atoms with van der Waals surface area (Å²) in [6.07, 6.45) is 5.86. The van der Waals surface area contributed by atoms with Crippen LogP contribution in [-0.4, -0.2) is 58.4 Å². The summed E-state index contributed by atoms with van der Waals surface area (Å²) in [6, 6.07) is 29.1. The van der Waals surface area contributed by atoms with Crippen molar-refractivity contribution in [1.82, 2.24) is 30.2 Å². The van der Waals surface area contributed by atoms with Crippen molar-refractivity contribution in [2.45, 2.75) is 158 Å². The smallest absolute Gasteiger partial charge is 0.136 e. The summed E-state index contributed by atoms with van der Waals surface area (Å²) in [5, 5.41) is 3.61. The van der Waals surface area contributed by atoms with E-state index in [4.69, 9.17) is 9.97 Å². The molecule has 1 unspecified atom stereocenters. The van der Waals surface area contributed by atoms with Crippen LogP contribution in [0.5, 0.6) is 0 Å². The molecule has 395 valence electrons. The first-order valence-corrected chi connectivity index (χ1v) is 25.2. The molecule has 6 heterocycles. The third-order valence-corrected chi connectivity index (χ3v) is 13.0. The zero-order chi connectivity index (χ0) is 53.1. The van der Waals surface area contributed by atoms with Gasteiger partial charge in [-0.2, -0.15) is 91.3 Å². The number of benzene rings is 3. The molecule has 1 radical (unpaired) electrons. The van der Waals surface area contributed by atoms with E-state index in [1.54, 1.807) is 0 Å². The van der Waals surface area contributed by atoms with Crippen LogP contribution in [0.1, 0.15) is 153 Å². The molecule has 0 bridgehead atoms. The number of rotatable bonds is 3. The summed E-state index contributed by atoms with van der Waals surface area (Å²) in [7, 11) is 6.09. The van der Waals surface area contributed by atoms with Crippen molar-refractivity contribution >= 4 is 46.3 Å². The number of anilines is 7. The SMILES string of the molecule is CN1[CH-]N(c2[c-]ccc(C(C)(C)C)c2)C2=C1C=NC(C(C)(C)C)N2.CN1[CH-]N(c2[c-]ccc(C(C)(C)C)c2)c2nc(C(C)(C)C)ncc21.CN1[CH-]N(c2[c-]ccc(C(C)(C)C)c2)c2nc(C(C)(C)C)ncc21.[Ir]. The fourth-order valence-electron chi connectivity index (χ4n) is 8.23. The number of hydrogen-bond acceptors (Lipinski definition) is 12. The van der Waals surface area contributed by atoms with Gasteiger partial charge in [-0.05, 0) is 37.4 Å². The molecule has 0 amide bonds. The van der Waals surface area contributed by atoms with Crippen LogP contribution in [0.3, 0.4) is 0 Å². The Morgan fingerprint density at radius 1 is 0.493 bits per heavy atom. The molecule has 1 atom stereocenters. The van der Waals surface area contributed by atoms with Gasteiger partial charge in [-0.3, -0.25) is 4.99 Å². The summed E-state index contributed by atoms with van der Waals surface area (Å²) in [5.74, 6) is 4.61. The number of aromatic nitrogens is 4. The van der Waals surface area contributed by atoms with Crippen LogP contribution in [0.15, 0.2) is 83.5 Å². The Labute approximate surface area is 453 Å². The molecule has 0 saturated heterocycles. The van der Waals surface area contributed by atoms with E-state index in [9.17, 15) is 0 Å². The van der Waals surface area contributed by atoms with E-state index in [2.05, 4.69) is 236 Å². The number of nitrogens with zero attached hydrogens (tertiary/aromatic N) is 11. The van der Waals surface area contributed by atoms with Crippen LogP contribution in [0.2, 0.25) is 0 Å². The van der Waals surface area contributed by atoms with Crippen molar-refractivity contribution in [3.05, 3.63) is 145 Å². The number of nitrogens with one attached hydrogen (secondary N) is 1. The van der Waals surface area contributed by atoms with Gasteiger partial charge in [0.15, 0.2) is 0 Å². The second kappa shape index (κ2) is 20.7. The van der Waals surface area contributed by atoms with E-state index in [1.165, 1.54) is 16.7 Å². The first-order chi connectivity index (χ1) is 33.2. The molecule has 0 fully saturated rings. The Hall–Kier alpha value is -5.52. The van der Waals surface area contributed by atoms with Gasteiger partial charge in [0.25, 0.3) is 0 Å². The van der Waals surface area contributed by atoms with Crippen LogP contribution >= 0.6 is 0 Å². The van der Waals surface area contributed by atoms with Gasteiger partial charge in [-0.1, -0.05) is 125 Å². The zero-order valence-corrected chi connectivity index (χ0v) is 49.9. The van der Waals surface area contributed by atoms with Crippen molar-refractivity contribution in [2.75, 3.05) is 45.6 Å². The minimum absolute atomic E-state index is 0. The third kappa shape index (κ3) is 12.7. The van der Waals surface area contributed by atoms with Crippen LogP contribution < -0.4 is 29.8 Å². The molecule has 0 spiro atoms. The Morgan fingerprint density at radius 2 is 0.849 bits per heavy atom. The Morgan fingerprint density at radius 3 is 1.19 bits per heavy atom. The number of fused-ring (bicyclic) bond motifs is 2. The van der Waals surface area contributed by atoms with E-state index in [-0.39, 0.29) is 58.8 Å². The van der Waals surface area contributed by atoms with Gasteiger partial charge in [-0.15, -0.1) is 35.3 Å². The summed E-state index contributed by atoms with van der Waals surface area (Å²) in [5.41, 5.74) is 10.2. The molecule has 13 heteroatoms. The molecular weight excluding hydrogens is 1080 g/mol. The minimum Gasteiger partial charge on any atom is -0.501 e. The van der Waals surface area contributed by atoms with Gasteiger partial charge in [0.1, 0.15) is 35.3 Å². The van der Waals surface area contributed by atoms with Crippen LogP contribution in [0, 0.1) is 43.6 Å². The Kier molecular flexibility index (Phi) is 16.1.